The maximum Gasteiger partial charge on any atom is 0.263 e. The molecular formula is C21H21ClN2OS. The van der Waals surface area contributed by atoms with Crippen LogP contribution in [0.1, 0.15) is 39.6 Å². The Morgan fingerprint density at radius 2 is 1.96 bits per heavy atom. The van der Waals surface area contributed by atoms with Gasteiger partial charge in [-0.05, 0) is 59.5 Å². The quantitative estimate of drug-likeness (QED) is 0.688. The number of fused-ring (bicyclic) bond motifs is 1. The normalized spacial score (nSPS) is 15.5. The van der Waals surface area contributed by atoms with Crippen LogP contribution in [-0.2, 0) is 6.54 Å². The number of rotatable bonds is 3. The Morgan fingerprint density at radius 1 is 1.15 bits per heavy atom. The van der Waals surface area contributed by atoms with Crippen LogP contribution in [0.4, 0.5) is 0 Å². The van der Waals surface area contributed by atoms with Crippen LogP contribution in [0.3, 0.4) is 0 Å². The first-order chi connectivity index (χ1) is 12.6. The van der Waals surface area contributed by atoms with E-state index < -0.39 is 0 Å². The van der Waals surface area contributed by atoms with Gasteiger partial charge < -0.3 is 10.6 Å². The molecule has 0 saturated carbocycles. The van der Waals surface area contributed by atoms with Crippen LogP contribution < -0.4 is 5.73 Å². The number of piperidine rings is 1. The highest BCUT2D eigenvalue weighted by molar-refractivity contribution is 7.20. The molecule has 1 saturated heterocycles. The molecule has 134 valence electrons. The molecule has 1 fully saturated rings. The Labute approximate surface area is 162 Å². The lowest BCUT2D eigenvalue weighted by atomic mass is 9.88. The van der Waals surface area contributed by atoms with E-state index >= 15 is 0 Å². The third-order valence-electron chi connectivity index (χ3n) is 5.13. The summed E-state index contributed by atoms with van der Waals surface area (Å²) < 4.78 is 1.10. The van der Waals surface area contributed by atoms with Crippen molar-refractivity contribution in [3.05, 3.63) is 69.6 Å². The molecular weight excluding hydrogens is 364 g/mol. The molecule has 0 aliphatic carbocycles. The number of thiophene rings is 1. The van der Waals surface area contributed by atoms with Crippen LogP contribution in [0.5, 0.6) is 0 Å². The number of hydrogen-bond acceptors (Lipinski definition) is 3. The lowest BCUT2D eigenvalue weighted by molar-refractivity contribution is 0.0718. The van der Waals surface area contributed by atoms with Gasteiger partial charge in [-0.1, -0.05) is 35.9 Å². The summed E-state index contributed by atoms with van der Waals surface area (Å²) in [7, 11) is 0. The lowest BCUT2D eigenvalue weighted by Crippen LogP contribution is -2.37. The summed E-state index contributed by atoms with van der Waals surface area (Å²) in [5, 5.41) is 1.74. The van der Waals surface area contributed by atoms with Gasteiger partial charge in [-0.3, -0.25) is 4.79 Å². The van der Waals surface area contributed by atoms with Gasteiger partial charge in [0.2, 0.25) is 0 Å². The third-order valence-corrected chi connectivity index (χ3v) is 6.47. The van der Waals surface area contributed by atoms with Gasteiger partial charge in [0, 0.05) is 29.4 Å². The number of benzene rings is 2. The van der Waals surface area contributed by atoms with Gasteiger partial charge in [-0.15, -0.1) is 11.3 Å². The van der Waals surface area contributed by atoms with E-state index in [1.807, 2.05) is 29.2 Å². The fraction of sp³-hybridized carbons (Fsp3) is 0.286. The minimum absolute atomic E-state index is 0.136. The fourth-order valence-electron chi connectivity index (χ4n) is 3.67. The maximum atomic E-state index is 12.9. The second-order valence-electron chi connectivity index (χ2n) is 6.81. The molecule has 2 aromatic carbocycles. The molecule has 0 unspecified atom stereocenters. The topological polar surface area (TPSA) is 46.3 Å². The molecule has 3 nitrogen and oxygen atoms in total. The third kappa shape index (κ3) is 3.50. The molecule has 1 aliphatic rings. The van der Waals surface area contributed by atoms with E-state index in [1.165, 1.54) is 11.1 Å². The summed E-state index contributed by atoms with van der Waals surface area (Å²) in [4.78, 5) is 15.7. The summed E-state index contributed by atoms with van der Waals surface area (Å²) in [5.41, 5.74) is 8.27. The molecule has 0 radical (unpaired) electrons. The number of carbonyl (C=O) groups excluding carboxylic acids is 1. The summed E-state index contributed by atoms with van der Waals surface area (Å²) in [5.74, 6) is 0.642. The number of carbonyl (C=O) groups is 1. The van der Waals surface area contributed by atoms with Gasteiger partial charge in [0.1, 0.15) is 0 Å². The molecule has 5 heteroatoms. The highest BCUT2D eigenvalue weighted by Gasteiger charge is 2.25. The van der Waals surface area contributed by atoms with Crippen LogP contribution in [-0.4, -0.2) is 23.9 Å². The predicted octanol–water partition coefficient (Wildman–Crippen LogP) is 5.03. The zero-order chi connectivity index (χ0) is 18.1. The van der Waals surface area contributed by atoms with Gasteiger partial charge in [-0.2, -0.15) is 0 Å². The van der Waals surface area contributed by atoms with E-state index in [0.717, 1.165) is 40.9 Å². The molecule has 2 heterocycles. The summed E-state index contributed by atoms with van der Waals surface area (Å²) in [6.45, 7) is 2.16. The molecule has 0 spiro atoms. The van der Waals surface area contributed by atoms with Gasteiger partial charge >= 0.3 is 0 Å². The second-order valence-corrected chi connectivity index (χ2v) is 8.33. The number of amides is 1. The van der Waals surface area contributed by atoms with E-state index in [9.17, 15) is 4.79 Å². The zero-order valence-corrected chi connectivity index (χ0v) is 16.0. The number of likely N-dealkylation sites (tertiary alicyclic amines) is 1. The zero-order valence-electron chi connectivity index (χ0n) is 14.5. The van der Waals surface area contributed by atoms with Crippen LogP contribution in [0.2, 0.25) is 5.02 Å². The molecule has 0 bridgehead atoms. The van der Waals surface area contributed by atoms with E-state index in [4.69, 9.17) is 17.3 Å². The fourth-order valence-corrected chi connectivity index (χ4v) is 4.86. The van der Waals surface area contributed by atoms with Crippen molar-refractivity contribution < 1.29 is 4.79 Å². The second kappa shape index (κ2) is 7.39. The molecule has 0 atom stereocenters. The minimum atomic E-state index is 0.136. The highest BCUT2D eigenvalue weighted by atomic mass is 35.5. The molecule has 2 N–H and O–H groups in total. The number of halogens is 1. The van der Waals surface area contributed by atoms with Crippen molar-refractivity contribution in [1.82, 2.24) is 4.90 Å². The van der Waals surface area contributed by atoms with Crippen molar-refractivity contribution in [3.63, 3.8) is 0 Å². The summed E-state index contributed by atoms with van der Waals surface area (Å²) in [6, 6.07) is 16.3. The van der Waals surface area contributed by atoms with E-state index in [1.54, 1.807) is 11.3 Å². The first kappa shape index (κ1) is 17.5. The van der Waals surface area contributed by atoms with Crippen molar-refractivity contribution in [2.24, 2.45) is 5.73 Å². The molecule has 1 aliphatic heterocycles. The Bertz CT molecular complexity index is 944. The first-order valence-electron chi connectivity index (χ1n) is 8.91. The Balaban J connectivity index is 1.45. The van der Waals surface area contributed by atoms with E-state index in [-0.39, 0.29) is 5.91 Å². The van der Waals surface area contributed by atoms with Gasteiger partial charge in [-0.25, -0.2) is 0 Å². The maximum absolute atomic E-state index is 12.9. The Hall–Kier alpha value is -1.88. The van der Waals surface area contributed by atoms with Gasteiger partial charge in [0.15, 0.2) is 0 Å². The van der Waals surface area contributed by atoms with Crippen LogP contribution in [0.15, 0.2) is 48.5 Å². The number of nitrogens with zero attached hydrogens (tertiary/aromatic N) is 1. The molecule has 1 amide bonds. The SMILES string of the molecule is NCc1cccc(C2CCN(C(=O)c3cc4cc(Cl)ccc4s3)CC2)c1. The largest absolute Gasteiger partial charge is 0.338 e. The predicted molar refractivity (Wildman–Crippen MR) is 109 cm³/mol. The Kier molecular flexibility index (Phi) is 4.98. The smallest absolute Gasteiger partial charge is 0.263 e. The van der Waals surface area contributed by atoms with Crippen molar-refractivity contribution in [2.75, 3.05) is 13.1 Å². The lowest BCUT2D eigenvalue weighted by Gasteiger charge is -2.32. The van der Waals surface area contributed by atoms with Crippen LogP contribution in [0, 0.1) is 0 Å². The van der Waals surface area contributed by atoms with Crippen molar-refractivity contribution in [2.45, 2.75) is 25.3 Å². The summed E-state index contributed by atoms with van der Waals surface area (Å²) in [6.07, 6.45) is 1.99. The molecule has 3 aromatic rings. The molecule has 26 heavy (non-hydrogen) atoms. The first-order valence-corrected chi connectivity index (χ1v) is 10.1. The standard InChI is InChI=1S/C21H21ClN2OS/c22-18-4-5-19-17(11-18)12-20(26-19)21(25)24-8-6-15(7-9-24)16-3-1-2-14(10-16)13-23/h1-5,10-12,15H,6-9,13,23H2. The average Bonchev–Trinajstić information content (AvgIpc) is 3.10. The van der Waals surface area contributed by atoms with Gasteiger partial charge in [0.05, 0.1) is 4.88 Å². The highest BCUT2D eigenvalue weighted by Crippen LogP contribution is 2.32. The number of nitrogens with two attached hydrogens (primary N) is 1. The number of hydrogen-bond donors (Lipinski definition) is 1. The summed E-state index contributed by atoms with van der Waals surface area (Å²) >= 11 is 7.60. The molecule has 4 rings (SSSR count). The van der Waals surface area contributed by atoms with Crippen molar-refractivity contribution in [1.29, 1.82) is 0 Å². The monoisotopic (exact) mass is 384 g/mol. The van der Waals surface area contributed by atoms with Crippen LogP contribution in [0.25, 0.3) is 10.1 Å². The van der Waals surface area contributed by atoms with Crippen LogP contribution >= 0.6 is 22.9 Å². The Morgan fingerprint density at radius 3 is 2.73 bits per heavy atom. The minimum Gasteiger partial charge on any atom is -0.338 e. The molecule has 1 aromatic heterocycles. The average molecular weight is 385 g/mol. The van der Waals surface area contributed by atoms with Gasteiger partial charge in [0.25, 0.3) is 5.91 Å². The van der Waals surface area contributed by atoms with Crippen molar-refractivity contribution >= 4 is 38.9 Å². The van der Waals surface area contributed by atoms with Crippen molar-refractivity contribution in [3.8, 4) is 0 Å². The van der Waals surface area contributed by atoms with E-state index in [2.05, 4.69) is 24.3 Å². The van der Waals surface area contributed by atoms with E-state index in [0.29, 0.717) is 17.5 Å².